The van der Waals surface area contributed by atoms with E-state index in [2.05, 4.69) is 15.2 Å². The summed E-state index contributed by atoms with van der Waals surface area (Å²) in [6, 6.07) is 10.7. The second-order valence-corrected chi connectivity index (χ2v) is 9.60. The van der Waals surface area contributed by atoms with Crippen LogP contribution in [-0.2, 0) is 6.54 Å². The van der Waals surface area contributed by atoms with Gasteiger partial charge in [-0.3, -0.25) is 9.20 Å². The lowest BCUT2D eigenvalue weighted by Crippen LogP contribution is -2.33. The van der Waals surface area contributed by atoms with Crippen molar-refractivity contribution in [3.63, 3.8) is 0 Å². The first-order valence-corrected chi connectivity index (χ1v) is 12.3. The quantitative estimate of drug-likeness (QED) is 0.396. The molecule has 6 nitrogen and oxygen atoms in total. The highest BCUT2D eigenvalue weighted by atomic mass is 32.1. The van der Waals surface area contributed by atoms with E-state index in [9.17, 15) is 9.18 Å². The summed E-state index contributed by atoms with van der Waals surface area (Å²) in [7, 11) is 0. The minimum atomic E-state index is -0.327. The molecule has 0 saturated carbocycles. The standard InChI is InChI=1S/C25H28FN5OS/c26-20-13-17(15-27)5-7-19(20)21-16-31-22-8-6-18(14-23(22)33-25(31)29-21)24(32)28-9-4-12-30-10-2-1-3-11-30/h5-8,13-14,16H,1-4,9-12,15,27H2,(H,28,32). The Hall–Kier alpha value is -2.81. The second-order valence-electron chi connectivity index (χ2n) is 8.59. The summed E-state index contributed by atoms with van der Waals surface area (Å²) in [4.78, 5) is 20.5. The van der Waals surface area contributed by atoms with Crippen molar-refractivity contribution in [1.29, 1.82) is 0 Å². The van der Waals surface area contributed by atoms with Gasteiger partial charge in [-0.2, -0.15) is 0 Å². The number of rotatable bonds is 7. The lowest BCUT2D eigenvalue weighted by atomic mass is 10.1. The number of aromatic nitrogens is 2. The number of fused-ring (bicyclic) bond motifs is 3. The minimum Gasteiger partial charge on any atom is -0.352 e. The number of nitrogens with zero attached hydrogens (tertiary/aromatic N) is 3. The van der Waals surface area contributed by atoms with Gasteiger partial charge in [0.25, 0.3) is 5.91 Å². The molecule has 33 heavy (non-hydrogen) atoms. The third-order valence-electron chi connectivity index (χ3n) is 6.29. The number of amides is 1. The highest BCUT2D eigenvalue weighted by molar-refractivity contribution is 7.23. The Labute approximate surface area is 196 Å². The fraction of sp³-hybridized carbons (Fsp3) is 0.360. The fourth-order valence-electron chi connectivity index (χ4n) is 4.46. The predicted molar refractivity (Wildman–Crippen MR) is 131 cm³/mol. The van der Waals surface area contributed by atoms with Crippen molar-refractivity contribution >= 4 is 32.4 Å². The first-order valence-electron chi connectivity index (χ1n) is 11.5. The van der Waals surface area contributed by atoms with Crippen LogP contribution in [0.2, 0.25) is 0 Å². The highest BCUT2D eigenvalue weighted by Crippen LogP contribution is 2.31. The number of carbonyl (C=O) groups excluding carboxylic acids is 1. The van der Waals surface area contributed by atoms with Crippen molar-refractivity contribution in [2.24, 2.45) is 5.73 Å². The summed E-state index contributed by atoms with van der Waals surface area (Å²) in [6.45, 7) is 4.38. The Morgan fingerprint density at radius 1 is 1.15 bits per heavy atom. The molecule has 0 unspecified atom stereocenters. The van der Waals surface area contributed by atoms with Crippen molar-refractivity contribution in [3.8, 4) is 11.3 Å². The molecule has 5 rings (SSSR count). The van der Waals surface area contributed by atoms with E-state index in [1.54, 1.807) is 6.07 Å². The van der Waals surface area contributed by atoms with Crippen LogP contribution in [0.4, 0.5) is 4.39 Å². The van der Waals surface area contributed by atoms with Gasteiger partial charge in [0.1, 0.15) is 5.82 Å². The predicted octanol–water partition coefficient (Wildman–Crippen LogP) is 4.42. The van der Waals surface area contributed by atoms with Crippen LogP contribution in [0.3, 0.4) is 0 Å². The van der Waals surface area contributed by atoms with Crippen molar-refractivity contribution in [1.82, 2.24) is 19.6 Å². The van der Waals surface area contributed by atoms with Crippen molar-refractivity contribution in [2.45, 2.75) is 32.2 Å². The molecule has 1 saturated heterocycles. The summed E-state index contributed by atoms with van der Waals surface area (Å²) in [5.74, 6) is -0.378. The lowest BCUT2D eigenvalue weighted by Gasteiger charge is -2.26. The molecule has 2 aromatic heterocycles. The summed E-state index contributed by atoms with van der Waals surface area (Å²) < 4.78 is 17.4. The Morgan fingerprint density at radius 2 is 2.00 bits per heavy atom. The van der Waals surface area contributed by atoms with Crippen LogP contribution in [-0.4, -0.2) is 46.4 Å². The molecule has 4 aromatic rings. The summed E-state index contributed by atoms with van der Waals surface area (Å²) >= 11 is 1.49. The van der Waals surface area contributed by atoms with E-state index < -0.39 is 0 Å². The molecule has 0 spiro atoms. The highest BCUT2D eigenvalue weighted by Gasteiger charge is 2.15. The number of thiazole rings is 1. The maximum atomic E-state index is 14.5. The molecule has 172 valence electrons. The molecule has 1 aliphatic heterocycles. The van der Waals surface area contributed by atoms with Crippen LogP contribution >= 0.6 is 11.3 Å². The normalized spacial score (nSPS) is 14.8. The molecule has 3 heterocycles. The zero-order chi connectivity index (χ0) is 22.8. The Kier molecular flexibility index (Phi) is 6.39. The number of carbonyl (C=O) groups is 1. The van der Waals surface area contributed by atoms with E-state index >= 15 is 0 Å². The Balaban J connectivity index is 1.28. The molecular weight excluding hydrogens is 437 g/mol. The smallest absolute Gasteiger partial charge is 0.251 e. The molecule has 2 aromatic carbocycles. The van der Waals surface area contributed by atoms with Crippen LogP contribution in [0.15, 0.2) is 42.6 Å². The van der Waals surface area contributed by atoms with Gasteiger partial charge in [0.2, 0.25) is 0 Å². The molecule has 0 aliphatic carbocycles. The largest absolute Gasteiger partial charge is 0.352 e. The summed E-state index contributed by atoms with van der Waals surface area (Å²) in [6.07, 6.45) is 6.71. The van der Waals surface area contributed by atoms with Gasteiger partial charge in [0.15, 0.2) is 4.96 Å². The molecule has 0 radical (unpaired) electrons. The van der Waals surface area contributed by atoms with E-state index in [1.165, 1.54) is 49.8 Å². The maximum absolute atomic E-state index is 14.5. The third-order valence-corrected chi connectivity index (χ3v) is 7.30. The van der Waals surface area contributed by atoms with Crippen LogP contribution in [0.25, 0.3) is 26.4 Å². The number of nitrogens with two attached hydrogens (primary N) is 1. The topological polar surface area (TPSA) is 75.7 Å². The molecule has 1 amide bonds. The lowest BCUT2D eigenvalue weighted by molar-refractivity contribution is 0.0951. The third kappa shape index (κ3) is 4.64. The number of benzene rings is 2. The van der Waals surface area contributed by atoms with Crippen LogP contribution in [0, 0.1) is 5.82 Å². The van der Waals surface area contributed by atoms with Crippen molar-refractivity contribution in [2.75, 3.05) is 26.2 Å². The van der Waals surface area contributed by atoms with E-state index in [4.69, 9.17) is 5.73 Å². The SMILES string of the molecule is NCc1ccc(-c2cn3c(n2)sc2cc(C(=O)NCCCN4CCCCC4)ccc23)c(F)c1. The van der Waals surface area contributed by atoms with Gasteiger partial charge in [-0.05, 0) is 74.8 Å². The minimum absolute atomic E-state index is 0.0515. The molecule has 1 aliphatic rings. The monoisotopic (exact) mass is 465 g/mol. The zero-order valence-corrected chi connectivity index (χ0v) is 19.3. The Bertz CT molecular complexity index is 1290. The van der Waals surface area contributed by atoms with Gasteiger partial charge in [-0.25, -0.2) is 9.37 Å². The van der Waals surface area contributed by atoms with Gasteiger partial charge in [-0.15, -0.1) is 0 Å². The summed E-state index contributed by atoms with van der Waals surface area (Å²) in [5, 5.41) is 3.04. The van der Waals surface area contributed by atoms with Crippen LogP contribution in [0.5, 0.6) is 0 Å². The van der Waals surface area contributed by atoms with Gasteiger partial charge in [0, 0.05) is 30.4 Å². The van der Waals surface area contributed by atoms with E-state index in [0.717, 1.165) is 33.7 Å². The van der Waals surface area contributed by atoms with Crippen LogP contribution < -0.4 is 11.1 Å². The van der Waals surface area contributed by atoms with Gasteiger partial charge >= 0.3 is 0 Å². The van der Waals surface area contributed by atoms with E-state index in [-0.39, 0.29) is 11.7 Å². The zero-order valence-electron chi connectivity index (χ0n) is 18.5. The first kappa shape index (κ1) is 22.0. The molecular formula is C25H28FN5OS. The first-order chi connectivity index (χ1) is 16.1. The number of halogens is 1. The second kappa shape index (κ2) is 9.59. The summed E-state index contributed by atoms with van der Waals surface area (Å²) in [5.41, 5.74) is 8.99. The number of nitrogens with one attached hydrogen (secondary N) is 1. The average molecular weight is 466 g/mol. The molecule has 8 heteroatoms. The van der Waals surface area contributed by atoms with Crippen molar-refractivity contribution in [3.05, 3.63) is 59.5 Å². The number of hydrogen-bond acceptors (Lipinski definition) is 5. The van der Waals surface area contributed by atoms with Crippen LogP contribution in [0.1, 0.15) is 41.6 Å². The van der Waals surface area contributed by atoms with Gasteiger partial charge in [-0.1, -0.05) is 23.8 Å². The Morgan fingerprint density at radius 3 is 2.79 bits per heavy atom. The number of likely N-dealkylation sites (tertiary alicyclic amines) is 1. The molecule has 1 fully saturated rings. The molecule has 0 bridgehead atoms. The number of piperidine rings is 1. The van der Waals surface area contributed by atoms with Crippen molar-refractivity contribution < 1.29 is 9.18 Å². The molecule has 0 atom stereocenters. The number of imidazole rings is 1. The molecule has 3 N–H and O–H groups in total. The van der Waals surface area contributed by atoms with Gasteiger partial charge < -0.3 is 16.0 Å². The average Bonchev–Trinajstić information content (AvgIpc) is 3.39. The van der Waals surface area contributed by atoms with E-state index in [1.807, 2.05) is 34.9 Å². The fourth-order valence-corrected chi connectivity index (χ4v) is 5.50. The number of hydrogen-bond donors (Lipinski definition) is 2. The van der Waals surface area contributed by atoms with E-state index in [0.29, 0.717) is 29.9 Å². The van der Waals surface area contributed by atoms with Gasteiger partial charge in [0.05, 0.1) is 15.9 Å². The maximum Gasteiger partial charge on any atom is 0.251 e.